The molecule has 0 saturated carbocycles. The van der Waals surface area contributed by atoms with Crippen LogP contribution in [0.3, 0.4) is 0 Å². The first kappa shape index (κ1) is 21.2. The van der Waals surface area contributed by atoms with E-state index in [1.807, 2.05) is 0 Å². The highest BCUT2D eigenvalue weighted by atomic mass is 32.2. The molecule has 1 aliphatic heterocycles. The average molecular weight is 451 g/mol. The van der Waals surface area contributed by atoms with Crippen LogP contribution in [0.5, 0.6) is 0 Å². The summed E-state index contributed by atoms with van der Waals surface area (Å²) in [6, 6.07) is 15.2. The number of primary sulfonamides is 1. The minimum absolute atomic E-state index is 0.0749. The molecule has 0 spiro atoms. The molecule has 2 aromatic carbocycles. The average Bonchev–Trinajstić information content (AvgIpc) is 3.33. The lowest BCUT2D eigenvalue weighted by atomic mass is 10.1. The molecule has 32 heavy (non-hydrogen) atoms. The van der Waals surface area contributed by atoms with E-state index in [0.717, 1.165) is 5.01 Å². The van der Waals surface area contributed by atoms with Gasteiger partial charge in [0.2, 0.25) is 10.0 Å². The summed E-state index contributed by atoms with van der Waals surface area (Å²) in [7, 11) is -3.85. The van der Waals surface area contributed by atoms with Gasteiger partial charge >= 0.3 is 5.97 Å². The molecule has 3 aromatic rings. The maximum Gasteiger partial charge on any atom is 0.336 e. The highest BCUT2D eigenvalue weighted by molar-refractivity contribution is 7.89. The van der Waals surface area contributed by atoms with E-state index >= 15 is 0 Å². The Bertz CT molecular complexity index is 1400. The molecule has 1 aromatic heterocycles. The summed E-state index contributed by atoms with van der Waals surface area (Å²) in [5, 5.41) is 19.9. The van der Waals surface area contributed by atoms with E-state index in [2.05, 4.69) is 5.10 Å². The molecule has 2 heterocycles. The first-order chi connectivity index (χ1) is 15.1. The summed E-state index contributed by atoms with van der Waals surface area (Å²) in [4.78, 5) is 24.3. The molecule has 162 valence electrons. The number of carboxylic acid groups (broad SMARTS) is 1. The minimum atomic E-state index is -3.85. The summed E-state index contributed by atoms with van der Waals surface area (Å²) in [6.07, 6.45) is 1.52. The van der Waals surface area contributed by atoms with Gasteiger partial charge in [-0.25, -0.2) is 18.4 Å². The smallest absolute Gasteiger partial charge is 0.336 e. The highest BCUT2D eigenvalue weighted by Gasteiger charge is 2.29. The van der Waals surface area contributed by atoms with Gasteiger partial charge in [-0.05, 0) is 55.5 Å². The first-order valence-electron chi connectivity index (χ1n) is 9.32. The van der Waals surface area contributed by atoms with Crippen LogP contribution in [0, 0.1) is 0 Å². The third kappa shape index (κ3) is 3.96. The van der Waals surface area contributed by atoms with Crippen LogP contribution in [0.1, 0.15) is 23.0 Å². The van der Waals surface area contributed by atoms with Gasteiger partial charge in [0.25, 0.3) is 5.91 Å². The number of hydrogen-bond acceptors (Lipinski definition) is 6. The van der Waals surface area contributed by atoms with Gasteiger partial charge in [0.1, 0.15) is 11.5 Å². The lowest BCUT2D eigenvalue weighted by Gasteiger charge is -2.12. The van der Waals surface area contributed by atoms with Gasteiger partial charge in [-0.15, -0.1) is 0 Å². The quantitative estimate of drug-likeness (QED) is 0.571. The second-order valence-electron chi connectivity index (χ2n) is 6.95. The number of carbonyl (C=O) groups excluding carboxylic acids is 1. The number of furan rings is 1. The van der Waals surface area contributed by atoms with Crippen molar-refractivity contribution in [1.29, 1.82) is 0 Å². The fourth-order valence-corrected chi connectivity index (χ4v) is 3.75. The Labute approximate surface area is 183 Å². The summed E-state index contributed by atoms with van der Waals surface area (Å²) in [5.41, 5.74) is 1.62. The summed E-state index contributed by atoms with van der Waals surface area (Å²) in [5.74, 6) is -0.792. The van der Waals surface area contributed by atoms with Crippen LogP contribution >= 0.6 is 0 Å². The van der Waals surface area contributed by atoms with E-state index < -0.39 is 21.9 Å². The SMILES string of the molecule is CC1=NN(c2ccc(S(N)(=O)=O)cc2)C(=O)/C1=C\c1ccc(-c2ccccc2C(=O)O)o1. The summed E-state index contributed by atoms with van der Waals surface area (Å²) < 4.78 is 28.6. The van der Waals surface area contributed by atoms with E-state index in [9.17, 15) is 23.1 Å². The number of nitrogens with zero attached hydrogens (tertiary/aromatic N) is 2. The monoisotopic (exact) mass is 451 g/mol. The van der Waals surface area contributed by atoms with E-state index in [0.29, 0.717) is 28.5 Å². The van der Waals surface area contributed by atoms with E-state index in [-0.39, 0.29) is 16.0 Å². The van der Waals surface area contributed by atoms with Gasteiger partial charge in [0, 0.05) is 5.56 Å². The summed E-state index contributed by atoms with van der Waals surface area (Å²) >= 11 is 0. The van der Waals surface area contributed by atoms with Crippen molar-refractivity contribution in [3.8, 4) is 11.3 Å². The van der Waals surface area contributed by atoms with Gasteiger partial charge in [-0.1, -0.05) is 18.2 Å². The fourth-order valence-electron chi connectivity index (χ4n) is 3.24. The van der Waals surface area contributed by atoms with Gasteiger partial charge in [-0.2, -0.15) is 10.1 Å². The number of carbonyl (C=O) groups is 2. The van der Waals surface area contributed by atoms with Gasteiger partial charge in [-0.3, -0.25) is 4.79 Å². The van der Waals surface area contributed by atoms with Crippen LogP contribution in [0.4, 0.5) is 5.69 Å². The molecule has 1 amide bonds. The van der Waals surface area contributed by atoms with Crippen LogP contribution in [0.15, 0.2) is 80.7 Å². The largest absolute Gasteiger partial charge is 0.478 e. The molecule has 0 aliphatic carbocycles. The van der Waals surface area contributed by atoms with Crippen molar-refractivity contribution in [1.82, 2.24) is 0 Å². The third-order valence-electron chi connectivity index (χ3n) is 4.81. The van der Waals surface area contributed by atoms with Crippen molar-refractivity contribution in [2.45, 2.75) is 11.8 Å². The zero-order valence-corrected chi connectivity index (χ0v) is 17.5. The number of sulfonamides is 1. The van der Waals surface area contributed by atoms with Crippen molar-refractivity contribution in [3.05, 3.63) is 77.6 Å². The number of anilines is 1. The number of hydrazone groups is 1. The summed E-state index contributed by atoms with van der Waals surface area (Å²) in [6.45, 7) is 1.66. The molecule has 0 fully saturated rings. The number of benzene rings is 2. The molecule has 3 N–H and O–H groups in total. The van der Waals surface area contributed by atoms with Crippen molar-refractivity contribution in [2.24, 2.45) is 10.2 Å². The van der Waals surface area contributed by atoms with Crippen LogP contribution < -0.4 is 10.1 Å². The number of rotatable bonds is 5. The zero-order chi connectivity index (χ0) is 23.0. The predicted molar refractivity (Wildman–Crippen MR) is 117 cm³/mol. The number of amides is 1. The Morgan fingerprint density at radius 3 is 2.44 bits per heavy atom. The minimum Gasteiger partial charge on any atom is -0.478 e. The lowest BCUT2D eigenvalue weighted by Crippen LogP contribution is -2.21. The fraction of sp³-hybridized carbons (Fsp3) is 0.0455. The molecule has 1 aliphatic rings. The van der Waals surface area contributed by atoms with E-state index in [4.69, 9.17) is 9.56 Å². The number of aromatic carboxylic acids is 1. The van der Waals surface area contributed by atoms with Crippen LogP contribution in [0.25, 0.3) is 17.4 Å². The molecule has 0 radical (unpaired) electrons. The Kier molecular flexibility index (Phi) is 5.25. The Hall–Kier alpha value is -4.02. The molecule has 10 heteroatoms. The Balaban J connectivity index is 1.62. The van der Waals surface area contributed by atoms with Crippen molar-refractivity contribution >= 4 is 39.4 Å². The molecule has 0 saturated heterocycles. The Morgan fingerprint density at radius 1 is 1.09 bits per heavy atom. The standard InChI is InChI=1S/C22H17N3O6S/c1-13-19(21(26)25(24-13)14-6-9-16(10-7-14)32(23,29)30)12-15-8-11-20(31-15)17-4-2-3-5-18(17)22(27)28/h2-12H,1H3,(H,27,28)(H2,23,29,30)/b19-12-. The number of hydrogen-bond donors (Lipinski definition) is 2. The Morgan fingerprint density at radius 2 is 1.78 bits per heavy atom. The van der Waals surface area contributed by atoms with Crippen LogP contribution in [-0.2, 0) is 14.8 Å². The molecule has 0 bridgehead atoms. The molecular weight excluding hydrogens is 434 g/mol. The number of nitrogens with two attached hydrogens (primary N) is 1. The van der Waals surface area contributed by atoms with Gasteiger partial charge < -0.3 is 9.52 Å². The van der Waals surface area contributed by atoms with Gasteiger partial charge in [0.05, 0.1) is 27.4 Å². The van der Waals surface area contributed by atoms with Crippen molar-refractivity contribution in [2.75, 3.05) is 5.01 Å². The highest BCUT2D eigenvalue weighted by Crippen LogP contribution is 2.29. The molecule has 9 nitrogen and oxygen atoms in total. The van der Waals surface area contributed by atoms with Crippen LogP contribution in [0.2, 0.25) is 0 Å². The lowest BCUT2D eigenvalue weighted by molar-refractivity contribution is -0.114. The second-order valence-corrected chi connectivity index (χ2v) is 8.51. The van der Waals surface area contributed by atoms with Crippen molar-refractivity contribution in [3.63, 3.8) is 0 Å². The van der Waals surface area contributed by atoms with Crippen LogP contribution in [-0.4, -0.2) is 31.1 Å². The first-order valence-corrected chi connectivity index (χ1v) is 10.9. The number of carboxylic acids is 1. The van der Waals surface area contributed by atoms with E-state index in [1.54, 1.807) is 37.3 Å². The maximum absolute atomic E-state index is 12.9. The second kappa shape index (κ2) is 7.91. The molecular formula is C22H17N3O6S. The molecule has 0 unspecified atom stereocenters. The van der Waals surface area contributed by atoms with E-state index in [1.165, 1.54) is 36.4 Å². The van der Waals surface area contributed by atoms with Gasteiger partial charge in [0.15, 0.2) is 0 Å². The normalized spacial score (nSPS) is 15.3. The third-order valence-corrected chi connectivity index (χ3v) is 5.74. The maximum atomic E-state index is 12.9. The molecule has 0 atom stereocenters. The zero-order valence-electron chi connectivity index (χ0n) is 16.7. The molecule has 4 rings (SSSR count). The van der Waals surface area contributed by atoms with Crippen molar-refractivity contribution < 1.29 is 27.5 Å². The predicted octanol–water partition coefficient (Wildman–Crippen LogP) is 3.10. The topological polar surface area (TPSA) is 143 Å².